The van der Waals surface area contributed by atoms with Gasteiger partial charge in [0.15, 0.2) is 11.4 Å². The zero-order valence-corrected chi connectivity index (χ0v) is 22.3. The molecule has 1 N–H and O–H groups in total. The molecule has 1 aliphatic heterocycles. The lowest BCUT2D eigenvalue weighted by Crippen LogP contribution is -2.56. The standard InChI is InChI=1S/C29H34F2N4O4/c1-32-13-14-34-20-33(15-16-38-2)29(37)26-28(39-19-21-7-4-3-5-8-21)27(36)23(18-35(26)34)10-6-9-22-11-12-24(30)17-25(22)31/h3-5,7-8,11-12,17-18,32H,6,9-10,13-16,19-20H2,1-2H3. The van der Waals surface area contributed by atoms with E-state index in [0.29, 0.717) is 63.3 Å². The molecule has 0 aliphatic carbocycles. The highest BCUT2D eigenvalue weighted by Crippen LogP contribution is 2.24. The number of carbonyl (C=O) groups is 1. The largest absolute Gasteiger partial charge is 0.482 e. The van der Waals surface area contributed by atoms with Crippen LogP contribution < -0.4 is 20.5 Å². The SMILES string of the molecule is CNCCN1CN(CCOC)C(=O)c2c(OCc3ccccc3)c(=O)c(CCCc3ccc(F)cc3F)cn21. The first-order valence-electron chi connectivity index (χ1n) is 13.0. The van der Waals surface area contributed by atoms with E-state index in [4.69, 9.17) is 9.47 Å². The summed E-state index contributed by atoms with van der Waals surface area (Å²) in [6.07, 6.45) is 2.81. The molecule has 0 radical (unpaired) electrons. The summed E-state index contributed by atoms with van der Waals surface area (Å²) in [6, 6.07) is 12.9. The van der Waals surface area contributed by atoms with Gasteiger partial charge in [0, 0.05) is 44.6 Å². The summed E-state index contributed by atoms with van der Waals surface area (Å²) in [5, 5.41) is 5.10. The topological polar surface area (TPSA) is 76.0 Å². The Labute approximate surface area is 226 Å². The Bertz CT molecular complexity index is 1330. The maximum atomic E-state index is 14.2. The number of hydrogen-bond acceptors (Lipinski definition) is 6. The van der Waals surface area contributed by atoms with Gasteiger partial charge in [-0.15, -0.1) is 0 Å². The Morgan fingerprint density at radius 2 is 1.77 bits per heavy atom. The van der Waals surface area contributed by atoms with E-state index in [9.17, 15) is 18.4 Å². The van der Waals surface area contributed by atoms with Crippen LogP contribution in [0.5, 0.6) is 5.75 Å². The quantitative estimate of drug-likeness (QED) is 0.359. The summed E-state index contributed by atoms with van der Waals surface area (Å²) >= 11 is 0. The summed E-state index contributed by atoms with van der Waals surface area (Å²) < 4.78 is 40.4. The third-order valence-corrected chi connectivity index (χ3v) is 6.67. The number of halogens is 2. The Morgan fingerprint density at radius 1 is 1.00 bits per heavy atom. The average Bonchev–Trinajstić information content (AvgIpc) is 2.93. The second kappa shape index (κ2) is 13.3. The van der Waals surface area contributed by atoms with Gasteiger partial charge in [0.2, 0.25) is 5.43 Å². The summed E-state index contributed by atoms with van der Waals surface area (Å²) in [5.74, 6) is -1.56. The number of aromatic nitrogens is 1. The number of pyridine rings is 1. The lowest BCUT2D eigenvalue weighted by atomic mass is 10.0. The van der Waals surface area contributed by atoms with Gasteiger partial charge in [-0.1, -0.05) is 36.4 Å². The van der Waals surface area contributed by atoms with E-state index in [1.807, 2.05) is 42.4 Å². The molecule has 3 aromatic rings. The van der Waals surface area contributed by atoms with Crippen molar-refractivity contribution in [3.05, 3.63) is 99.0 Å². The highest BCUT2D eigenvalue weighted by Gasteiger charge is 2.34. The molecule has 4 rings (SSSR count). The molecule has 1 amide bonds. The van der Waals surface area contributed by atoms with Crippen molar-refractivity contribution in [3.63, 3.8) is 0 Å². The number of methoxy groups -OCH3 is 1. The smallest absolute Gasteiger partial charge is 0.277 e. The van der Waals surface area contributed by atoms with Crippen molar-refractivity contribution in [3.8, 4) is 5.75 Å². The number of amides is 1. The Morgan fingerprint density at radius 3 is 2.49 bits per heavy atom. The van der Waals surface area contributed by atoms with E-state index in [1.165, 1.54) is 12.1 Å². The number of rotatable bonds is 13. The minimum absolute atomic E-state index is 0.00843. The van der Waals surface area contributed by atoms with Gasteiger partial charge in [-0.3, -0.25) is 19.3 Å². The lowest BCUT2D eigenvalue weighted by molar-refractivity contribution is 0.0620. The fourth-order valence-electron chi connectivity index (χ4n) is 4.55. The van der Waals surface area contributed by atoms with Crippen molar-refractivity contribution in [1.29, 1.82) is 0 Å². The van der Waals surface area contributed by atoms with Gasteiger partial charge in [0.05, 0.1) is 6.61 Å². The van der Waals surface area contributed by atoms with Crippen LogP contribution in [0.25, 0.3) is 0 Å². The monoisotopic (exact) mass is 540 g/mol. The summed E-state index contributed by atoms with van der Waals surface area (Å²) in [4.78, 5) is 29.0. The van der Waals surface area contributed by atoms with Crippen LogP contribution in [0.1, 0.15) is 33.6 Å². The van der Waals surface area contributed by atoms with Crippen molar-refractivity contribution in [1.82, 2.24) is 14.9 Å². The molecule has 0 bridgehead atoms. The fourth-order valence-corrected chi connectivity index (χ4v) is 4.55. The first-order chi connectivity index (χ1) is 18.9. The molecule has 0 fully saturated rings. The number of nitrogens with zero attached hydrogens (tertiary/aromatic N) is 3. The molecule has 2 heterocycles. The molecule has 8 nitrogen and oxygen atoms in total. The zero-order valence-electron chi connectivity index (χ0n) is 22.3. The van der Waals surface area contributed by atoms with E-state index >= 15 is 0 Å². The van der Waals surface area contributed by atoms with Crippen molar-refractivity contribution in [2.45, 2.75) is 25.9 Å². The predicted octanol–water partition coefficient (Wildman–Crippen LogP) is 3.10. The lowest BCUT2D eigenvalue weighted by Gasteiger charge is -2.40. The highest BCUT2D eigenvalue weighted by molar-refractivity contribution is 5.96. The van der Waals surface area contributed by atoms with E-state index in [0.717, 1.165) is 11.6 Å². The van der Waals surface area contributed by atoms with Crippen LogP contribution in [0.2, 0.25) is 0 Å². The molecule has 0 spiro atoms. The minimum atomic E-state index is -0.629. The number of hydrogen-bond donors (Lipinski definition) is 1. The van der Waals surface area contributed by atoms with Crippen LogP contribution in [-0.2, 0) is 24.2 Å². The molecular weight excluding hydrogens is 506 g/mol. The number of benzene rings is 2. The molecule has 39 heavy (non-hydrogen) atoms. The first-order valence-corrected chi connectivity index (χ1v) is 13.0. The van der Waals surface area contributed by atoms with Gasteiger partial charge in [-0.25, -0.2) is 8.78 Å². The molecule has 0 atom stereocenters. The first kappa shape index (κ1) is 28.3. The normalized spacial score (nSPS) is 13.1. The number of carbonyl (C=O) groups excluding carboxylic acids is 1. The number of likely N-dealkylation sites (N-methyl/N-ethyl adjacent to an activating group) is 1. The van der Waals surface area contributed by atoms with Crippen LogP contribution in [-0.4, -0.2) is 62.6 Å². The van der Waals surface area contributed by atoms with E-state index < -0.39 is 11.6 Å². The van der Waals surface area contributed by atoms with Gasteiger partial charge in [0.25, 0.3) is 5.91 Å². The number of fused-ring (bicyclic) bond motifs is 1. The maximum absolute atomic E-state index is 14.2. The minimum Gasteiger partial charge on any atom is -0.482 e. The Balaban J connectivity index is 1.69. The number of ether oxygens (including phenoxy) is 2. The van der Waals surface area contributed by atoms with Crippen molar-refractivity contribution < 1.29 is 23.0 Å². The van der Waals surface area contributed by atoms with Crippen molar-refractivity contribution in [2.24, 2.45) is 0 Å². The molecule has 0 unspecified atom stereocenters. The van der Waals surface area contributed by atoms with E-state index in [1.54, 1.807) is 22.9 Å². The molecular formula is C29H34F2N4O4. The summed E-state index contributed by atoms with van der Waals surface area (Å²) in [6.45, 7) is 2.38. The van der Waals surface area contributed by atoms with Gasteiger partial charge < -0.3 is 19.7 Å². The van der Waals surface area contributed by atoms with Gasteiger partial charge in [-0.2, -0.15) is 0 Å². The molecule has 0 saturated carbocycles. The maximum Gasteiger partial charge on any atom is 0.277 e. The van der Waals surface area contributed by atoms with Crippen molar-refractivity contribution in [2.75, 3.05) is 52.1 Å². The third-order valence-electron chi connectivity index (χ3n) is 6.67. The van der Waals surface area contributed by atoms with Crippen LogP contribution in [0.3, 0.4) is 0 Å². The van der Waals surface area contributed by atoms with Crippen LogP contribution in [0.15, 0.2) is 59.5 Å². The van der Waals surface area contributed by atoms with E-state index in [2.05, 4.69) is 5.32 Å². The number of nitrogens with one attached hydrogen (secondary N) is 1. The summed E-state index contributed by atoms with van der Waals surface area (Å²) in [7, 11) is 3.42. The van der Waals surface area contributed by atoms with Gasteiger partial charge >= 0.3 is 0 Å². The predicted molar refractivity (Wildman–Crippen MR) is 145 cm³/mol. The third kappa shape index (κ3) is 6.82. The molecule has 208 valence electrons. The summed E-state index contributed by atoms with van der Waals surface area (Å²) in [5.41, 5.74) is 1.50. The second-order valence-corrected chi connectivity index (χ2v) is 9.41. The van der Waals surface area contributed by atoms with Gasteiger partial charge in [-0.05, 0) is 43.5 Å². The fraction of sp³-hybridized carbons (Fsp3) is 0.379. The Kier molecular flexibility index (Phi) is 9.67. The molecule has 0 saturated heterocycles. The second-order valence-electron chi connectivity index (χ2n) is 9.41. The molecule has 2 aromatic carbocycles. The highest BCUT2D eigenvalue weighted by atomic mass is 19.1. The molecule has 1 aromatic heterocycles. The van der Waals surface area contributed by atoms with Crippen LogP contribution >= 0.6 is 0 Å². The van der Waals surface area contributed by atoms with Crippen LogP contribution in [0.4, 0.5) is 8.78 Å². The number of aryl methyl sites for hydroxylation is 2. The van der Waals surface area contributed by atoms with Crippen LogP contribution in [0, 0.1) is 11.6 Å². The van der Waals surface area contributed by atoms with E-state index in [-0.39, 0.29) is 29.4 Å². The Hall–Kier alpha value is -3.76. The zero-order chi connectivity index (χ0) is 27.8. The molecule has 10 heteroatoms. The van der Waals surface area contributed by atoms with Crippen molar-refractivity contribution >= 4 is 5.91 Å². The average molecular weight is 541 g/mol. The van der Waals surface area contributed by atoms with Gasteiger partial charge in [0.1, 0.15) is 24.9 Å². The molecule has 1 aliphatic rings.